The molecule has 1 aromatic carbocycles. The lowest BCUT2D eigenvalue weighted by Gasteiger charge is -2.23. The molecule has 7 nitrogen and oxygen atoms in total. The van der Waals surface area contributed by atoms with Crippen LogP contribution in [0.1, 0.15) is 52.5 Å². The number of amides is 2. The third-order valence-corrected chi connectivity index (χ3v) is 4.84. The second kappa shape index (κ2) is 10.3. The summed E-state index contributed by atoms with van der Waals surface area (Å²) < 4.78 is 10.5. The Balaban J connectivity index is 1.78. The van der Waals surface area contributed by atoms with Crippen LogP contribution in [0.4, 0.5) is 4.79 Å². The predicted octanol–water partition coefficient (Wildman–Crippen LogP) is 3.18. The molecular weight excluding hydrogens is 372 g/mol. The van der Waals surface area contributed by atoms with Crippen molar-refractivity contribution in [3.05, 3.63) is 35.9 Å². The summed E-state index contributed by atoms with van der Waals surface area (Å²) in [4.78, 5) is 36.7. The monoisotopic (exact) mass is 404 g/mol. The molecule has 0 saturated heterocycles. The van der Waals surface area contributed by atoms with E-state index >= 15 is 0 Å². The van der Waals surface area contributed by atoms with Crippen molar-refractivity contribution < 1.29 is 23.9 Å². The van der Waals surface area contributed by atoms with Gasteiger partial charge in [-0.3, -0.25) is 4.79 Å². The van der Waals surface area contributed by atoms with Crippen LogP contribution in [0, 0.1) is 11.8 Å². The highest BCUT2D eigenvalue weighted by Gasteiger charge is 2.34. The predicted molar refractivity (Wildman–Crippen MR) is 109 cm³/mol. The van der Waals surface area contributed by atoms with E-state index < -0.39 is 23.7 Å². The van der Waals surface area contributed by atoms with Crippen LogP contribution >= 0.6 is 0 Å². The molecule has 2 N–H and O–H groups in total. The van der Waals surface area contributed by atoms with E-state index in [1.54, 1.807) is 27.7 Å². The molecule has 1 aliphatic carbocycles. The highest BCUT2D eigenvalue weighted by molar-refractivity contribution is 5.85. The summed E-state index contributed by atoms with van der Waals surface area (Å²) in [6.07, 6.45) is 2.01. The van der Waals surface area contributed by atoms with Gasteiger partial charge in [-0.2, -0.15) is 0 Å². The Hall–Kier alpha value is -2.57. The largest absolute Gasteiger partial charge is 0.459 e. The molecule has 0 bridgehead atoms. The molecule has 29 heavy (non-hydrogen) atoms. The fraction of sp³-hybridized carbons (Fsp3) is 0.591. The van der Waals surface area contributed by atoms with Gasteiger partial charge in [-0.05, 0) is 52.0 Å². The highest BCUT2D eigenvalue weighted by atomic mass is 16.6. The van der Waals surface area contributed by atoms with Gasteiger partial charge in [-0.25, -0.2) is 9.59 Å². The van der Waals surface area contributed by atoms with Crippen molar-refractivity contribution in [1.82, 2.24) is 10.6 Å². The van der Waals surface area contributed by atoms with Crippen molar-refractivity contribution in [2.45, 2.75) is 65.2 Å². The fourth-order valence-corrected chi connectivity index (χ4v) is 3.39. The quantitative estimate of drug-likeness (QED) is 0.681. The van der Waals surface area contributed by atoms with E-state index in [9.17, 15) is 14.4 Å². The van der Waals surface area contributed by atoms with Crippen LogP contribution in [0.3, 0.4) is 0 Å². The minimum atomic E-state index is -0.730. The van der Waals surface area contributed by atoms with Gasteiger partial charge < -0.3 is 20.1 Å². The number of nitrogens with one attached hydrogen (secondary N) is 2. The molecule has 0 heterocycles. The van der Waals surface area contributed by atoms with E-state index in [1.807, 2.05) is 30.3 Å². The van der Waals surface area contributed by atoms with Crippen LogP contribution in [0.5, 0.6) is 0 Å². The molecule has 7 heteroatoms. The van der Waals surface area contributed by atoms with Crippen LogP contribution in [0.25, 0.3) is 0 Å². The SMILES string of the molecule is C[C@H](NC(=O)[C@H]1CCC[C@H]1CNC(=O)OC(C)(C)C)C(=O)OCc1ccccc1. The Morgan fingerprint density at radius 3 is 2.48 bits per heavy atom. The van der Waals surface area contributed by atoms with E-state index in [4.69, 9.17) is 9.47 Å². The standard InChI is InChI=1S/C22H32N2O5/c1-15(20(26)28-14-16-9-6-5-7-10-16)24-19(25)18-12-8-11-17(18)13-23-21(27)29-22(2,3)4/h5-7,9-10,15,17-18H,8,11-14H2,1-4H3,(H,23,27)(H,24,25)/t15-,17-,18-/m0/s1. The third kappa shape index (κ3) is 7.75. The average molecular weight is 405 g/mol. The molecule has 2 amide bonds. The number of ether oxygens (including phenoxy) is 2. The molecule has 2 rings (SSSR count). The van der Waals surface area contributed by atoms with Crippen LogP contribution in [-0.2, 0) is 25.7 Å². The second-order valence-electron chi connectivity index (χ2n) is 8.50. The fourth-order valence-electron chi connectivity index (χ4n) is 3.39. The first-order valence-electron chi connectivity index (χ1n) is 10.1. The first-order chi connectivity index (χ1) is 13.7. The number of carbonyl (C=O) groups excluding carboxylic acids is 3. The zero-order valence-electron chi connectivity index (χ0n) is 17.7. The Morgan fingerprint density at radius 2 is 1.83 bits per heavy atom. The number of alkyl carbamates (subject to hydrolysis) is 1. The van der Waals surface area contributed by atoms with Crippen molar-refractivity contribution >= 4 is 18.0 Å². The summed E-state index contributed by atoms with van der Waals surface area (Å²) in [6, 6.07) is 8.66. The molecule has 160 valence electrons. The lowest BCUT2D eigenvalue weighted by molar-refractivity contribution is -0.149. The van der Waals surface area contributed by atoms with Crippen molar-refractivity contribution in [2.75, 3.05) is 6.54 Å². The Bertz CT molecular complexity index is 699. The van der Waals surface area contributed by atoms with Crippen molar-refractivity contribution in [2.24, 2.45) is 11.8 Å². The molecule has 0 aromatic heterocycles. The molecule has 0 unspecified atom stereocenters. The Labute approximate surface area is 172 Å². The summed E-state index contributed by atoms with van der Waals surface area (Å²) in [6.45, 7) is 7.57. The summed E-state index contributed by atoms with van der Waals surface area (Å²) in [5.41, 5.74) is 0.329. The van der Waals surface area contributed by atoms with Crippen molar-refractivity contribution in [1.29, 1.82) is 0 Å². The van der Waals surface area contributed by atoms with Gasteiger partial charge in [0.25, 0.3) is 0 Å². The average Bonchev–Trinajstić information content (AvgIpc) is 3.12. The number of benzene rings is 1. The maximum Gasteiger partial charge on any atom is 0.407 e. The lowest BCUT2D eigenvalue weighted by Crippen LogP contribution is -2.45. The smallest absolute Gasteiger partial charge is 0.407 e. The first-order valence-corrected chi connectivity index (χ1v) is 10.1. The molecule has 1 aromatic rings. The number of hydrogen-bond acceptors (Lipinski definition) is 5. The topological polar surface area (TPSA) is 93.7 Å². The van der Waals surface area contributed by atoms with Crippen LogP contribution < -0.4 is 10.6 Å². The van der Waals surface area contributed by atoms with Gasteiger partial charge in [-0.15, -0.1) is 0 Å². The highest BCUT2D eigenvalue weighted by Crippen LogP contribution is 2.31. The van der Waals surface area contributed by atoms with Crippen LogP contribution in [-0.4, -0.2) is 36.2 Å². The first kappa shape index (κ1) is 22.7. The van der Waals surface area contributed by atoms with E-state index in [0.29, 0.717) is 6.54 Å². The third-order valence-electron chi connectivity index (χ3n) is 4.84. The van der Waals surface area contributed by atoms with E-state index in [0.717, 1.165) is 24.8 Å². The van der Waals surface area contributed by atoms with Crippen molar-refractivity contribution in [3.8, 4) is 0 Å². The molecule has 1 aliphatic rings. The lowest BCUT2D eigenvalue weighted by atomic mass is 9.95. The maximum atomic E-state index is 12.7. The number of esters is 1. The van der Waals surface area contributed by atoms with Gasteiger partial charge in [-0.1, -0.05) is 36.8 Å². The summed E-state index contributed by atoms with van der Waals surface area (Å²) in [5, 5.41) is 5.50. The summed E-state index contributed by atoms with van der Waals surface area (Å²) >= 11 is 0. The maximum absolute atomic E-state index is 12.7. The van der Waals surface area contributed by atoms with Gasteiger partial charge in [0.15, 0.2) is 0 Å². The van der Waals surface area contributed by atoms with Crippen molar-refractivity contribution in [3.63, 3.8) is 0 Å². The minimum Gasteiger partial charge on any atom is -0.459 e. The molecule has 0 aliphatic heterocycles. The van der Waals surface area contributed by atoms with Crippen LogP contribution in [0.15, 0.2) is 30.3 Å². The van der Waals surface area contributed by atoms with Gasteiger partial charge in [0.2, 0.25) is 5.91 Å². The molecule has 1 saturated carbocycles. The molecule has 1 fully saturated rings. The number of rotatable bonds is 7. The van der Waals surface area contributed by atoms with Crippen LogP contribution in [0.2, 0.25) is 0 Å². The van der Waals surface area contributed by atoms with Gasteiger partial charge >= 0.3 is 12.1 Å². The summed E-state index contributed by atoms with van der Waals surface area (Å²) in [5.74, 6) is -0.865. The zero-order chi connectivity index (χ0) is 21.4. The molecule has 0 spiro atoms. The zero-order valence-corrected chi connectivity index (χ0v) is 17.7. The molecule has 3 atom stereocenters. The van der Waals surface area contributed by atoms with E-state index in [1.165, 1.54) is 0 Å². The molecular formula is C22H32N2O5. The number of carbonyl (C=O) groups is 3. The summed E-state index contributed by atoms with van der Waals surface area (Å²) in [7, 11) is 0. The van der Waals surface area contributed by atoms with Gasteiger partial charge in [0.1, 0.15) is 18.2 Å². The Morgan fingerprint density at radius 1 is 1.14 bits per heavy atom. The number of hydrogen-bond donors (Lipinski definition) is 2. The normalized spacial score (nSPS) is 19.9. The second-order valence-corrected chi connectivity index (χ2v) is 8.50. The van der Waals surface area contributed by atoms with E-state index in [-0.39, 0.29) is 24.3 Å². The van der Waals surface area contributed by atoms with E-state index in [2.05, 4.69) is 10.6 Å². The molecule has 0 radical (unpaired) electrons. The van der Waals surface area contributed by atoms with Gasteiger partial charge in [0.05, 0.1) is 0 Å². The van der Waals surface area contributed by atoms with Gasteiger partial charge in [0, 0.05) is 12.5 Å². The Kier molecular flexibility index (Phi) is 8.05. The minimum absolute atomic E-state index is 0.0232.